The molecule has 2 aromatic rings. The van der Waals surface area contributed by atoms with Gasteiger partial charge >= 0.3 is 5.97 Å². The molecule has 0 aliphatic carbocycles. The number of phenols is 1. The topological polar surface area (TPSA) is 301 Å². The van der Waals surface area contributed by atoms with Gasteiger partial charge in [-0.05, 0) is 48.4 Å². The van der Waals surface area contributed by atoms with Crippen molar-refractivity contribution in [1.82, 2.24) is 31.9 Å². The Balaban J connectivity index is 2.18. The number of aliphatic carboxylic acids is 1. The van der Waals surface area contributed by atoms with Crippen LogP contribution in [0.2, 0.25) is 0 Å². The first-order chi connectivity index (χ1) is 25.8. The minimum Gasteiger partial charge on any atom is -0.508 e. The van der Waals surface area contributed by atoms with Crippen LogP contribution in [-0.4, -0.2) is 100 Å². The molecule has 0 bridgehead atoms. The number of carbonyl (C=O) groups excluding carboxylic acids is 7. The molecule has 55 heavy (non-hydrogen) atoms. The highest BCUT2D eigenvalue weighted by Crippen LogP contribution is 2.12. The van der Waals surface area contributed by atoms with Crippen molar-refractivity contribution >= 4 is 47.3 Å². The number of nitrogens with one attached hydrogen (secondary N) is 6. The molecule has 0 spiro atoms. The molecule has 2 aromatic carbocycles. The van der Waals surface area contributed by atoms with Gasteiger partial charge in [0.15, 0.2) is 0 Å². The largest absolute Gasteiger partial charge is 0.508 e. The van der Waals surface area contributed by atoms with Crippen molar-refractivity contribution in [3.8, 4) is 5.75 Å². The molecule has 0 aliphatic rings. The van der Waals surface area contributed by atoms with Gasteiger partial charge in [0.2, 0.25) is 41.4 Å². The van der Waals surface area contributed by atoms with Gasteiger partial charge in [0.1, 0.15) is 36.0 Å². The standard InChI is InChI=1S/C37H52N8O10/c1-19(2)30(32(39)50)44-28(47)18-40-37(55)31(20(3)4)45-36(54)27(17-29(48)49)43-35(53)26(16-22-9-7-6-8-10-22)42-33(51)21(5)41-34(52)25(38)15-23-11-13-24(46)14-12-23/h6-14,19-21,25-27,30-31,46H,15-18,38H2,1-5H3,(H2,39,50)(H,40,55)(H,41,52)(H,42,51)(H,43,53)(H,44,47)(H,45,54)(H,48,49)/t21-,25+,26+,27+,30+,31+/m1/s1. The Bertz CT molecular complexity index is 1670. The van der Waals surface area contributed by atoms with E-state index in [2.05, 4.69) is 31.9 Å². The van der Waals surface area contributed by atoms with Gasteiger partial charge in [0.05, 0.1) is 19.0 Å². The van der Waals surface area contributed by atoms with Crippen LogP contribution in [-0.2, 0) is 51.2 Å². The molecule has 0 fully saturated rings. The second kappa shape index (κ2) is 21.6. The number of carboxylic acids is 1. The van der Waals surface area contributed by atoms with E-state index in [0.717, 1.165) is 0 Å². The van der Waals surface area contributed by atoms with E-state index < -0.39 is 102 Å². The fourth-order valence-electron chi connectivity index (χ4n) is 5.23. The van der Waals surface area contributed by atoms with Crippen molar-refractivity contribution in [1.29, 1.82) is 0 Å². The molecular weight excluding hydrogens is 716 g/mol. The van der Waals surface area contributed by atoms with Crippen LogP contribution < -0.4 is 43.4 Å². The van der Waals surface area contributed by atoms with Crippen molar-refractivity contribution < 1.29 is 48.6 Å². The summed E-state index contributed by atoms with van der Waals surface area (Å²) in [5, 5.41) is 33.7. The van der Waals surface area contributed by atoms with Crippen LogP contribution in [0, 0.1) is 11.8 Å². The molecule has 0 saturated carbocycles. The minimum atomic E-state index is -1.71. The maximum atomic E-state index is 13.7. The molecule has 12 N–H and O–H groups in total. The van der Waals surface area contributed by atoms with E-state index in [1.165, 1.54) is 19.1 Å². The SMILES string of the molecule is CC(C)[C@H](NC(=O)CNC(=O)[C@@H](NC(=O)[C@H](CC(=O)O)NC(=O)[C@H](Cc1ccccc1)NC(=O)[C@@H](C)NC(=O)[C@@H](N)Cc1ccc(O)cc1)C(C)C)C(N)=O. The van der Waals surface area contributed by atoms with Crippen molar-refractivity contribution in [3.05, 3.63) is 65.7 Å². The van der Waals surface area contributed by atoms with E-state index in [1.807, 2.05) is 0 Å². The Morgan fingerprint density at radius 3 is 1.71 bits per heavy atom. The van der Waals surface area contributed by atoms with Gasteiger partial charge in [-0.25, -0.2) is 0 Å². The normalized spacial score (nSPS) is 14.3. The van der Waals surface area contributed by atoms with Crippen LogP contribution in [0.3, 0.4) is 0 Å². The van der Waals surface area contributed by atoms with Gasteiger partial charge in [-0.3, -0.25) is 38.4 Å². The summed E-state index contributed by atoms with van der Waals surface area (Å²) < 4.78 is 0. The zero-order chi connectivity index (χ0) is 41.4. The number of nitrogens with two attached hydrogens (primary N) is 2. The van der Waals surface area contributed by atoms with Crippen LogP contribution in [0.25, 0.3) is 0 Å². The first-order valence-electron chi connectivity index (χ1n) is 17.7. The van der Waals surface area contributed by atoms with E-state index in [1.54, 1.807) is 70.2 Å². The summed E-state index contributed by atoms with van der Waals surface area (Å²) in [5.41, 5.74) is 12.6. The molecule has 0 aromatic heterocycles. The average Bonchev–Trinajstić information content (AvgIpc) is 3.11. The molecular formula is C37H52N8O10. The smallest absolute Gasteiger partial charge is 0.305 e. The molecule has 0 heterocycles. The molecule has 0 saturated heterocycles. The maximum absolute atomic E-state index is 13.7. The van der Waals surface area contributed by atoms with Gasteiger partial charge in [0.25, 0.3) is 0 Å². The monoisotopic (exact) mass is 768 g/mol. The summed E-state index contributed by atoms with van der Waals surface area (Å²) in [6.07, 6.45) is -0.877. The van der Waals surface area contributed by atoms with Crippen LogP contribution in [0.5, 0.6) is 5.75 Å². The maximum Gasteiger partial charge on any atom is 0.305 e. The lowest BCUT2D eigenvalue weighted by molar-refractivity contribution is -0.141. The zero-order valence-electron chi connectivity index (χ0n) is 31.5. The predicted molar refractivity (Wildman–Crippen MR) is 199 cm³/mol. The lowest BCUT2D eigenvalue weighted by Crippen LogP contribution is -2.60. The van der Waals surface area contributed by atoms with Gasteiger partial charge in [-0.2, -0.15) is 0 Å². The summed E-state index contributed by atoms with van der Waals surface area (Å²) in [4.78, 5) is 102. The van der Waals surface area contributed by atoms with Crippen LogP contribution in [0.4, 0.5) is 0 Å². The van der Waals surface area contributed by atoms with Crippen LogP contribution in [0.15, 0.2) is 54.6 Å². The van der Waals surface area contributed by atoms with Crippen molar-refractivity contribution in [3.63, 3.8) is 0 Å². The van der Waals surface area contributed by atoms with E-state index in [9.17, 15) is 48.6 Å². The number of primary amides is 1. The molecule has 7 amide bonds. The Labute approximate surface area is 318 Å². The third kappa shape index (κ3) is 15.5. The lowest BCUT2D eigenvalue weighted by atomic mass is 10.0. The number of carboxylic acid groups (broad SMARTS) is 1. The third-order valence-corrected chi connectivity index (χ3v) is 8.37. The van der Waals surface area contributed by atoms with Crippen molar-refractivity contribution in [2.24, 2.45) is 23.3 Å². The molecule has 0 aliphatic heterocycles. The summed E-state index contributed by atoms with van der Waals surface area (Å²) in [5.74, 6) is -7.99. The minimum absolute atomic E-state index is 0.0428. The summed E-state index contributed by atoms with van der Waals surface area (Å²) in [7, 11) is 0. The summed E-state index contributed by atoms with van der Waals surface area (Å²) >= 11 is 0. The lowest BCUT2D eigenvalue weighted by Gasteiger charge is -2.27. The first-order valence-corrected chi connectivity index (χ1v) is 17.7. The zero-order valence-corrected chi connectivity index (χ0v) is 31.5. The molecule has 6 atom stereocenters. The first kappa shape index (κ1) is 45.1. The molecule has 0 radical (unpaired) electrons. The van der Waals surface area contributed by atoms with Crippen LogP contribution >= 0.6 is 0 Å². The number of hydrogen-bond donors (Lipinski definition) is 10. The van der Waals surface area contributed by atoms with E-state index in [-0.39, 0.29) is 24.5 Å². The van der Waals surface area contributed by atoms with Crippen molar-refractivity contribution in [2.75, 3.05) is 6.54 Å². The van der Waals surface area contributed by atoms with Crippen LogP contribution in [0.1, 0.15) is 52.2 Å². The van der Waals surface area contributed by atoms with Gasteiger partial charge in [-0.15, -0.1) is 0 Å². The van der Waals surface area contributed by atoms with Gasteiger partial charge in [0, 0.05) is 6.42 Å². The Hall–Kier alpha value is -6.04. The molecule has 18 nitrogen and oxygen atoms in total. The molecule has 300 valence electrons. The fraction of sp³-hybridized carbons (Fsp3) is 0.459. The highest BCUT2D eigenvalue weighted by atomic mass is 16.4. The Morgan fingerprint density at radius 2 is 1.16 bits per heavy atom. The average molecular weight is 769 g/mol. The third-order valence-electron chi connectivity index (χ3n) is 8.37. The highest BCUT2D eigenvalue weighted by Gasteiger charge is 2.33. The second-order valence-electron chi connectivity index (χ2n) is 13.8. The summed E-state index contributed by atoms with van der Waals surface area (Å²) in [6, 6.07) is 7.02. The Morgan fingerprint density at radius 1 is 0.618 bits per heavy atom. The number of phenolic OH excluding ortho intramolecular Hbond substituents is 1. The number of aromatic hydroxyl groups is 1. The second-order valence-corrected chi connectivity index (χ2v) is 13.8. The number of carbonyl (C=O) groups is 8. The highest BCUT2D eigenvalue weighted by molar-refractivity contribution is 5.97. The molecule has 0 unspecified atom stereocenters. The van der Waals surface area contributed by atoms with E-state index in [4.69, 9.17) is 11.5 Å². The Kier molecular flexibility index (Phi) is 17.7. The summed E-state index contributed by atoms with van der Waals surface area (Å²) in [6.45, 7) is 7.32. The number of benzene rings is 2. The quantitative estimate of drug-likeness (QED) is 0.0685. The number of hydrogen-bond acceptors (Lipinski definition) is 10. The number of amides is 7. The van der Waals surface area contributed by atoms with Crippen molar-refractivity contribution in [2.45, 2.75) is 90.1 Å². The number of rotatable bonds is 21. The van der Waals surface area contributed by atoms with E-state index in [0.29, 0.717) is 11.1 Å². The van der Waals surface area contributed by atoms with E-state index >= 15 is 0 Å². The fourth-order valence-corrected chi connectivity index (χ4v) is 5.23. The molecule has 2 rings (SSSR count). The van der Waals surface area contributed by atoms with Gasteiger partial charge < -0.3 is 53.6 Å². The van der Waals surface area contributed by atoms with Gasteiger partial charge in [-0.1, -0.05) is 70.2 Å². The molecule has 18 heteroatoms. The predicted octanol–water partition coefficient (Wildman–Crippen LogP) is -1.66.